The molecule has 0 saturated heterocycles. The molecule has 0 saturated carbocycles. The quantitative estimate of drug-likeness (QED) is 0.883. The van der Waals surface area contributed by atoms with E-state index in [2.05, 4.69) is 15.0 Å². The average molecular weight is 268 g/mol. The minimum absolute atomic E-state index is 0.201. The van der Waals surface area contributed by atoms with Gasteiger partial charge in [-0.3, -0.25) is 4.79 Å². The van der Waals surface area contributed by atoms with Gasteiger partial charge in [0, 0.05) is 11.1 Å². The van der Waals surface area contributed by atoms with Crippen LogP contribution in [0.3, 0.4) is 0 Å². The van der Waals surface area contributed by atoms with Gasteiger partial charge in [-0.1, -0.05) is 0 Å². The van der Waals surface area contributed by atoms with E-state index in [0.717, 1.165) is 5.69 Å². The summed E-state index contributed by atoms with van der Waals surface area (Å²) in [5.74, 6) is -0.595. The van der Waals surface area contributed by atoms with E-state index < -0.39 is 25.3 Å². The molecule has 0 aliphatic rings. The third-order valence-electron chi connectivity index (χ3n) is 1.60. The number of carbonyl (C=O) groups excluding carboxylic acids is 1. The van der Waals surface area contributed by atoms with Gasteiger partial charge in [0.1, 0.15) is 18.2 Å². The van der Waals surface area contributed by atoms with Crippen molar-refractivity contribution >= 4 is 17.2 Å². The second-order valence-electron chi connectivity index (χ2n) is 3.27. The van der Waals surface area contributed by atoms with E-state index in [4.69, 9.17) is 0 Å². The number of ether oxygens (including phenoxy) is 1. The number of aryl methyl sites for hydroxylation is 1. The largest absolute Gasteiger partial charge is 0.411 e. The van der Waals surface area contributed by atoms with Gasteiger partial charge in [0.2, 0.25) is 5.91 Å². The fourth-order valence-electron chi connectivity index (χ4n) is 0.969. The number of thiazole rings is 1. The lowest BCUT2D eigenvalue weighted by Crippen LogP contribution is -2.29. The molecule has 0 fully saturated rings. The van der Waals surface area contributed by atoms with Crippen molar-refractivity contribution in [3.63, 3.8) is 0 Å². The monoisotopic (exact) mass is 268 g/mol. The normalized spacial score (nSPS) is 11.5. The third-order valence-corrected chi connectivity index (χ3v) is 2.57. The molecule has 0 spiro atoms. The van der Waals surface area contributed by atoms with Gasteiger partial charge in [-0.05, 0) is 6.92 Å². The summed E-state index contributed by atoms with van der Waals surface area (Å²) >= 11 is 1.37. The lowest BCUT2D eigenvalue weighted by Gasteiger charge is -2.07. The minimum Gasteiger partial charge on any atom is -0.362 e. The van der Waals surface area contributed by atoms with Gasteiger partial charge in [0.25, 0.3) is 0 Å². The number of hydrogen-bond acceptors (Lipinski definition) is 4. The molecule has 1 amide bonds. The summed E-state index contributed by atoms with van der Waals surface area (Å²) in [7, 11) is 0. The van der Waals surface area contributed by atoms with Gasteiger partial charge >= 0.3 is 6.18 Å². The summed E-state index contributed by atoms with van der Waals surface area (Å²) in [6.45, 7) is -0.0123. The zero-order valence-corrected chi connectivity index (χ0v) is 9.82. The predicted molar refractivity (Wildman–Crippen MR) is 55.6 cm³/mol. The molecule has 96 valence electrons. The average Bonchev–Trinajstić information content (AvgIpc) is 2.59. The molecule has 0 aromatic carbocycles. The predicted octanol–water partition coefficient (Wildman–Crippen LogP) is 1.65. The van der Waals surface area contributed by atoms with Gasteiger partial charge in [-0.15, -0.1) is 11.3 Å². The molecule has 4 nitrogen and oxygen atoms in total. The van der Waals surface area contributed by atoms with E-state index in [0.29, 0.717) is 5.01 Å². The van der Waals surface area contributed by atoms with Gasteiger partial charge in [-0.2, -0.15) is 13.2 Å². The maximum absolute atomic E-state index is 11.7. The molecule has 17 heavy (non-hydrogen) atoms. The Bertz CT molecular complexity index is 379. The number of alkyl halides is 3. The number of nitrogens with zero attached hydrogens (tertiary/aromatic N) is 1. The Morgan fingerprint density at radius 2 is 2.29 bits per heavy atom. The van der Waals surface area contributed by atoms with Crippen LogP contribution in [0.15, 0.2) is 5.38 Å². The van der Waals surface area contributed by atoms with Crippen molar-refractivity contribution in [3.05, 3.63) is 16.1 Å². The van der Waals surface area contributed by atoms with E-state index in [1.807, 2.05) is 12.3 Å². The van der Waals surface area contributed by atoms with Gasteiger partial charge in [0.05, 0.1) is 6.54 Å². The Hall–Kier alpha value is -1.15. The summed E-state index contributed by atoms with van der Waals surface area (Å²) in [6.07, 6.45) is -4.41. The first-order valence-corrected chi connectivity index (χ1v) is 5.57. The van der Waals surface area contributed by atoms with Crippen molar-refractivity contribution in [1.29, 1.82) is 0 Å². The first-order valence-electron chi connectivity index (χ1n) is 4.69. The highest BCUT2D eigenvalue weighted by atomic mass is 32.1. The smallest absolute Gasteiger partial charge is 0.362 e. The Morgan fingerprint density at radius 3 is 2.82 bits per heavy atom. The standard InChI is InChI=1S/C9H11F3N2O2S/c1-6-4-17-8(14-6)2-13-7(15)3-16-5-9(10,11)12/h4H,2-3,5H2,1H3,(H,13,15). The highest BCUT2D eigenvalue weighted by Crippen LogP contribution is 2.14. The van der Waals surface area contributed by atoms with Crippen molar-refractivity contribution in [2.45, 2.75) is 19.6 Å². The Balaban J connectivity index is 2.18. The Morgan fingerprint density at radius 1 is 1.59 bits per heavy atom. The molecule has 0 aliphatic carbocycles. The summed E-state index contributed by atoms with van der Waals surface area (Å²) in [5, 5.41) is 4.94. The summed E-state index contributed by atoms with van der Waals surface area (Å²) in [4.78, 5) is 15.2. The van der Waals surface area contributed by atoms with Crippen LogP contribution in [-0.4, -0.2) is 30.3 Å². The van der Waals surface area contributed by atoms with Crippen molar-refractivity contribution in [3.8, 4) is 0 Å². The molecule has 0 unspecified atom stereocenters. The van der Waals surface area contributed by atoms with Crippen LogP contribution in [0.2, 0.25) is 0 Å². The molecule has 1 rings (SSSR count). The van der Waals surface area contributed by atoms with Crippen LogP contribution in [0.25, 0.3) is 0 Å². The second kappa shape index (κ2) is 5.97. The van der Waals surface area contributed by atoms with Crippen LogP contribution in [0.5, 0.6) is 0 Å². The molecule has 1 aromatic heterocycles. The molecule has 0 bridgehead atoms. The van der Waals surface area contributed by atoms with Crippen LogP contribution >= 0.6 is 11.3 Å². The molecule has 1 heterocycles. The van der Waals surface area contributed by atoms with Crippen molar-refractivity contribution in [2.75, 3.05) is 13.2 Å². The molecular formula is C9H11F3N2O2S. The highest BCUT2D eigenvalue weighted by Gasteiger charge is 2.27. The number of hydrogen-bond donors (Lipinski definition) is 1. The molecule has 0 radical (unpaired) electrons. The van der Waals surface area contributed by atoms with Crippen LogP contribution in [0.1, 0.15) is 10.7 Å². The van der Waals surface area contributed by atoms with Crippen LogP contribution in [0, 0.1) is 6.92 Å². The van der Waals surface area contributed by atoms with Crippen LogP contribution in [-0.2, 0) is 16.1 Å². The van der Waals surface area contributed by atoms with E-state index in [1.54, 1.807) is 0 Å². The lowest BCUT2D eigenvalue weighted by molar-refractivity contribution is -0.175. The molecule has 0 atom stereocenters. The third kappa shape index (κ3) is 6.22. The number of amides is 1. The lowest BCUT2D eigenvalue weighted by atomic mass is 10.5. The maximum atomic E-state index is 11.7. The zero-order chi connectivity index (χ0) is 12.9. The van der Waals surface area contributed by atoms with Crippen molar-refractivity contribution in [2.24, 2.45) is 0 Å². The first-order chi connectivity index (χ1) is 7.87. The fraction of sp³-hybridized carbons (Fsp3) is 0.556. The van der Waals surface area contributed by atoms with E-state index in [-0.39, 0.29) is 6.54 Å². The van der Waals surface area contributed by atoms with Gasteiger partial charge in [-0.25, -0.2) is 4.98 Å². The second-order valence-corrected chi connectivity index (χ2v) is 4.21. The zero-order valence-electron chi connectivity index (χ0n) is 9.00. The summed E-state index contributed by atoms with van der Waals surface area (Å²) < 4.78 is 39.3. The highest BCUT2D eigenvalue weighted by molar-refractivity contribution is 7.09. The summed E-state index contributed by atoms with van der Waals surface area (Å²) in [6, 6.07) is 0. The van der Waals surface area contributed by atoms with E-state index in [9.17, 15) is 18.0 Å². The van der Waals surface area contributed by atoms with E-state index in [1.165, 1.54) is 11.3 Å². The molecule has 8 heteroatoms. The van der Waals surface area contributed by atoms with E-state index >= 15 is 0 Å². The molecule has 0 aliphatic heterocycles. The van der Waals surface area contributed by atoms with Crippen LogP contribution < -0.4 is 5.32 Å². The molecule has 1 aromatic rings. The number of carbonyl (C=O) groups is 1. The molecular weight excluding hydrogens is 257 g/mol. The SMILES string of the molecule is Cc1csc(CNC(=O)COCC(F)(F)F)n1. The number of aromatic nitrogens is 1. The number of halogens is 3. The van der Waals surface area contributed by atoms with Crippen LogP contribution in [0.4, 0.5) is 13.2 Å². The molecule has 1 N–H and O–H groups in total. The minimum atomic E-state index is -4.41. The topological polar surface area (TPSA) is 51.2 Å². The fourth-order valence-corrected chi connectivity index (χ4v) is 1.68. The number of rotatable bonds is 5. The maximum Gasteiger partial charge on any atom is 0.411 e. The van der Waals surface area contributed by atoms with Gasteiger partial charge < -0.3 is 10.1 Å². The van der Waals surface area contributed by atoms with Gasteiger partial charge in [0.15, 0.2) is 0 Å². The van der Waals surface area contributed by atoms with Crippen molar-refractivity contribution < 1.29 is 22.7 Å². The Kier molecular flexibility index (Phi) is 4.88. The summed E-state index contributed by atoms with van der Waals surface area (Å²) in [5.41, 5.74) is 0.840. The number of nitrogens with one attached hydrogen (secondary N) is 1. The first kappa shape index (κ1) is 13.9. The Labute approximate surface area is 99.8 Å². The van der Waals surface area contributed by atoms with Crippen molar-refractivity contribution in [1.82, 2.24) is 10.3 Å².